The number of aliphatic hydroxyl groups is 1. The molecular formula is C10H11ClF2N2O2. The van der Waals surface area contributed by atoms with Gasteiger partial charge in [-0.25, -0.2) is 13.6 Å². The molecule has 0 atom stereocenters. The molecular weight excluding hydrogens is 254 g/mol. The monoisotopic (exact) mass is 264 g/mol. The summed E-state index contributed by atoms with van der Waals surface area (Å²) in [5.74, 6) is -3.32. The number of benzene rings is 1. The standard InChI is InChI=1S/C10H11ClF2N2O2/c11-7-1-3-8(4-2-7)15-9(17)14-5-10(12,13)6-16/h1-4,16H,5-6H2,(H2,14,15,17). The maximum atomic E-state index is 12.6. The topological polar surface area (TPSA) is 61.4 Å². The van der Waals surface area contributed by atoms with Gasteiger partial charge < -0.3 is 15.7 Å². The van der Waals surface area contributed by atoms with E-state index in [0.717, 1.165) is 0 Å². The van der Waals surface area contributed by atoms with Crippen LogP contribution in [0.15, 0.2) is 24.3 Å². The van der Waals surface area contributed by atoms with Crippen LogP contribution in [-0.2, 0) is 0 Å². The number of carbonyl (C=O) groups excluding carboxylic acids is 1. The lowest BCUT2D eigenvalue weighted by atomic mass is 10.3. The Kier molecular flexibility index (Phi) is 4.65. The number of hydrogen-bond donors (Lipinski definition) is 3. The SMILES string of the molecule is O=C(NCC(F)(F)CO)Nc1ccc(Cl)cc1. The van der Waals surface area contributed by atoms with E-state index in [1.54, 1.807) is 12.1 Å². The number of rotatable bonds is 4. The molecule has 4 nitrogen and oxygen atoms in total. The van der Waals surface area contributed by atoms with Crippen molar-refractivity contribution in [3.8, 4) is 0 Å². The van der Waals surface area contributed by atoms with Crippen LogP contribution in [0.1, 0.15) is 0 Å². The van der Waals surface area contributed by atoms with E-state index in [0.29, 0.717) is 10.7 Å². The molecule has 0 saturated carbocycles. The molecule has 94 valence electrons. The minimum Gasteiger partial charge on any atom is -0.390 e. The number of hydrogen-bond acceptors (Lipinski definition) is 2. The second-order valence-electron chi connectivity index (χ2n) is 3.33. The van der Waals surface area contributed by atoms with Gasteiger partial charge in [-0.3, -0.25) is 0 Å². The Bertz CT molecular complexity index is 384. The fourth-order valence-corrected chi connectivity index (χ4v) is 1.10. The van der Waals surface area contributed by atoms with Crippen LogP contribution in [0.25, 0.3) is 0 Å². The van der Waals surface area contributed by atoms with Crippen LogP contribution in [0.5, 0.6) is 0 Å². The summed E-state index contributed by atoms with van der Waals surface area (Å²) in [6, 6.07) is 5.40. The summed E-state index contributed by atoms with van der Waals surface area (Å²) in [7, 11) is 0. The second kappa shape index (κ2) is 5.79. The highest BCUT2D eigenvalue weighted by molar-refractivity contribution is 6.30. The first-order chi connectivity index (χ1) is 7.93. The van der Waals surface area contributed by atoms with Gasteiger partial charge in [0.15, 0.2) is 0 Å². The predicted octanol–water partition coefficient (Wildman–Crippen LogP) is 2.09. The summed E-state index contributed by atoms with van der Waals surface area (Å²) in [6.07, 6.45) is 0. The molecule has 0 heterocycles. The smallest absolute Gasteiger partial charge is 0.319 e. The van der Waals surface area contributed by atoms with Crippen molar-refractivity contribution < 1.29 is 18.7 Å². The minimum absolute atomic E-state index is 0.430. The average molecular weight is 265 g/mol. The molecule has 0 radical (unpaired) electrons. The fraction of sp³-hybridized carbons (Fsp3) is 0.300. The summed E-state index contributed by atoms with van der Waals surface area (Å²) in [5.41, 5.74) is 0.430. The molecule has 3 N–H and O–H groups in total. The lowest BCUT2D eigenvalue weighted by Gasteiger charge is -2.14. The zero-order valence-electron chi connectivity index (χ0n) is 8.71. The molecule has 1 aromatic carbocycles. The van der Waals surface area contributed by atoms with Gasteiger partial charge in [-0.05, 0) is 24.3 Å². The van der Waals surface area contributed by atoms with Gasteiger partial charge in [0.2, 0.25) is 0 Å². The van der Waals surface area contributed by atoms with Gasteiger partial charge in [-0.15, -0.1) is 0 Å². The van der Waals surface area contributed by atoms with E-state index >= 15 is 0 Å². The Morgan fingerprint density at radius 1 is 1.35 bits per heavy atom. The highest BCUT2D eigenvalue weighted by Crippen LogP contribution is 2.13. The molecule has 0 saturated heterocycles. The van der Waals surface area contributed by atoms with Crippen molar-refractivity contribution in [2.75, 3.05) is 18.5 Å². The Morgan fingerprint density at radius 3 is 2.47 bits per heavy atom. The molecule has 0 spiro atoms. The Balaban J connectivity index is 2.42. The molecule has 7 heteroatoms. The number of carbonyl (C=O) groups is 1. The quantitative estimate of drug-likeness (QED) is 0.780. The van der Waals surface area contributed by atoms with Crippen molar-refractivity contribution in [2.45, 2.75) is 5.92 Å². The van der Waals surface area contributed by atoms with Gasteiger partial charge in [-0.1, -0.05) is 11.6 Å². The Labute approximate surface area is 102 Å². The van der Waals surface area contributed by atoms with Crippen LogP contribution >= 0.6 is 11.6 Å². The van der Waals surface area contributed by atoms with E-state index in [1.165, 1.54) is 12.1 Å². The third-order valence-corrected chi connectivity index (χ3v) is 2.09. The third-order valence-electron chi connectivity index (χ3n) is 1.84. The summed E-state index contributed by atoms with van der Waals surface area (Å²) in [6.45, 7) is -2.24. The van der Waals surface area contributed by atoms with Gasteiger partial charge in [0, 0.05) is 10.7 Å². The van der Waals surface area contributed by atoms with Crippen molar-refractivity contribution in [2.24, 2.45) is 0 Å². The first-order valence-corrected chi connectivity index (χ1v) is 5.10. The number of nitrogens with one attached hydrogen (secondary N) is 2. The molecule has 0 unspecified atom stereocenters. The summed E-state index contributed by atoms with van der Waals surface area (Å²) in [5, 5.41) is 13.1. The average Bonchev–Trinajstić information content (AvgIpc) is 2.30. The van der Waals surface area contributed by atoms with Crippen molar-refractivity contribution in [3.05, 3.63) is 29.3 Å². The fourth-order valence-electron chi connectivity index (χ4n) is 0.974. The van der Waals surface area contributed by atoms with Crippen LogP contribution in [-0.4, -0.2) is 30.2 Å². The van der Waals surface area contributed by atoms with E-state index in [1.807, 2.05) is 5.32 Å². The number of aliphatic hydroxyl groups excluding tert-OH is 1. The molecule has 0 fully saturated rings. The van der Waals surface area contributed by atoms with Crippen molar-refractivity contribution in [1.82, 2.24) is 5.32 Å². The normalized spacial score (nSPS) is 11.1. The third kappa shape index (κ3) is 4.97. The van der Waals surface area contributed by atoms with Gasteiger partial charge in [0.1, 0.15) is 6.61 Å². The second-order valence-corrected chi connectivity index (χ2v) is 3.77. The number of halogens is 3. The van der Waals surface area contributed by atoms with Crippen LogP contribution < -0.4 is 10.6 Å². The first kappa shape index (κ1) is 13.7. The van der Waals surface area contributed by atoms with Crippen LogP contribution in [0.4, 0.5) is 19.3 Å². The largest absolute Gasteiger partial charge is 0.390 e. The van der Waals surface area contributed by atoms with Crippen LogP contribution in [0.2, 0.25) is 5.02 Å². The minimum atomic E-state index is -3.32. The van der Waals surface area contributed by atoms with E-state index in [2.05, 4.69) is 5.32 Å². The number of alkyl halides is 2. The number of amides is 2. The predicted molar refractivity (Wildman–Crippen MR) is 60.5 cm³/mol. The Hall–Kier alpha value is -1.40. The van der Waals surface area contributed by atoms with Gasteiger partial charge in [-0.2, -0.15) is 0 Å². The van der Waals surface area contributed by atoms with E-state index < -0.39 is 25.1 Å². The lowest BCUT2D eigenvalue weighted by molar-refractivity contribution is -0.0451. The Morgan fingerprint density at radius 2 is 1.94 bits per heavy atom. The lowest BCUT2D eigenvalue weighted by Crippen LogP contribution is -2.40. The van der Waals surface area contributed by atoms with Crippen molar-refractivity contribution in [3.63, 3.8) is 0 Å². The molecule has 0 aliphatic rings. The summed E-state index contributed by atoms with van der Waals surface area (Å²) < 4.78 is 25.2. The zero-order valence-corrected chi connectivity index (χ0v) is 9.47. The maximum Gasteiger partial charge on any atom is 0.319 e. The molecule has 1 rings (SSSR count). The molecule has 17 heavy (non-hydrogen) atoms. The zero-order chi connectivity index (χ0) is 12.9. The first-order valence-electron chi connectivity index (χ1n) is 4.72. The summed E-state index contributed by atoms with van der Waals surface area (Å²) >= 11 is 5.63. The van der Waals surface area contributed by atoms with Crippen LogP contribution in [0.3, 0.4) is 0 Å². The van der Waals surface area contributed by atoms with Crippen molar-refractivity contribution in [1.29, 1.82) is 0 Å². The molecule has 0 aliphatic carbocycles. The van der Waals surface area contributed by atoms with Gasteiger partial charge in [0.25, 0.3) is 5.92 Å². The number of urea groups is 1. The maximum absolute atomic E-state index is 12.6. The van der Waals surface area contributed by atoms with Crippen LogP contribution in [0, 0.1) is 0 Å². The molecule has 0 bridgehead atoms. The summed E-state index contributed by atoms with van der Waals surface area (Å²) in [4.78, 5) is 11.2. The van der Waals surface area contributed by atoms with E-state index in [9.17, 15) is 13.6 Å². The van der Waals surface area contributed by atoms with E-state index in [-0.39, 0.29) is 0 Å². The molecule has 0 aromatic heterocycles. The number of anilines is 1. The van der Waals surface area contributed by atoms with Gasteiger partial charge in [0.05, 0.1) is 6.54 Å². The van der Waals surface area contributed by atoms with Gasteiger partial charge >= 0.3 is 6.03 Å². The van der Waals surface area contributed by atoms with Crippen molar-refractivity contribution >= 4 is 23.3 Å². The molecule has 0 aliphatic heterocycles. The molecule has 1 aromatic rings. The van der Waals surface area contributed by atoms with E-state index in [4.69, 9.17) is 16.7 Å². The highest BCUT2D eigenvalue weighted by atomic mass is 35.5. The molecule has 2 amide bonds. The highest BCUT2D eigenvalue weighted by Gasteiger charge is 2.28.